The van der Waals surface area contributed by atoms with E-state index in [4.69, 9.17) is 46.4 Å². The fourth-order valence-corrected chi connectivity index (χ4v) is 10.8. The van der Waals surface area contributed by atoms with Gasteiger partial charge in [-0.2, -0.15) is 0 Å². The Bertz CT molecular complexity index is 2010. The first kappa shape index (κ1) is 39.2. The zero-order valence-electron chi connectivity index (χ0n) is 31.8. The van der Waals surface area contributed by atoms with Crippen LogP contribution >= 0.6 is 58.2 Å². The number of carbonyl (C=O) groups excluding carboxylic acids is 2. The fraction of sp³-hybridized carbons (Fsp3) is 0.435. The SMILES string of the molecule is CC(C)c1ccccc1-c1cc(Sc2cc(-c3ccccc3C(C)C)c([C@@H]3C[C@H]3C(=O)NC3CCC3)c(Cl)c2Cl)c(Cl)c(Cl)c1[C@@H]1C[C@H]1C(=O)NC1CCC1. The van der Waals surface area contributed by atoms with Crippen LogP contribution < -0.4 is 10.6 Å². The summed E-state index contributed by atoms with van der Waals surface area (Å²) < 4.78 is 0. The second kappa shape index (κ2) is 15.9. The maximum absolute atomic E-state index is 13.4. The van der Waals surface area contributed by atoms with E-state index in [2.05, 4.69) is 99.0 Å². The van der Waals surface area contributed by atoms with Gasteiger partial charge in [-0.1, -0.05) is 134 Å². The predicted octanol–water partition coefficient (Wildman–Crippen LogP) is 13.6. The van der Waals surface area contributed by atoms with Gasteiger partial charge in [0.1, 0.15) is 0 Å². The lowest BCUT2D eigenvalue weighted by atomic mass is 9.88. The number of hydrogen-bond acceptors (Lipinski definition) is 3. The van der Waals surface area contributed by atoms with Crippen LogP contribution in [0.15, 0.2) is 70.5 Å². The van der Waals surface area contributed by atoms with E-state index >= 15 is 0 Å². The molecule has 4 aliphatic carbocycles. The first-order valence-electron chi connectivity index (χ1n) is 19.9. The van der Waals surface area contributed by atoms with E-state index < -0.39 is 0 Å². The highest BCUT2D eigenvalue weighted by Crippen LogP contribution is 2.59. The largest absolute Gasteiger partial charge is 0.353 e. The molecule has 288 valence electrons. The zero-order valence-corrected chi connectivity index (χ0v) is 35.6. The molecular formula is C46H48Cl4N2O2S. The normalized spacial score (nSPS) is 22.0. The lowest BCUT2D eigenvalue weighted by molar-refractivity contribution is -0.124. The summed E-state index contributed by atoms with van der Waals surface area (Å²) in [6, 6.07) is 21.7. The molecule has 4 aromatic rings. The van der Waals surface area contributed by atoms with Crippen LogP contribution in [0.3, 0.4) is 0 Å². The van der Waals surface area contributed by atoms with Crippen LogP contribution in [0.1, 0.15) is 125 Å². The number of rotatable bonds is 12. The van der Waals surface area contributed by atoms with E-state index in [0.717, 1.165) is 94.5 Å². The summed E-state index contributed by atoms with van der Waals surface area (Å²) >= 11 is 30.7. The quantitative estimate of drug-likeness (QED) is 0.149. The maximum atomic E-state index is 13.4. The molecule has 0 saturated heterocycles. The Morgan fingerprint density at radius 2 is 0.964 bits per heavy atom. The molecule has 0 unspecified atom stereocenters. The molecule has 2 amide bonds. The van der Waals surface area contributed by atoms with Crippen LogP contribution in [0.5, 0.6) is 0 Å². The number of amides is 2. The standard InChI is InChI=1S/C46H48Cl4N2O2S/c1-23(2)27-15-5-7-17-29(27)33-21-37(41(47)43(49)39(33)31-19-35(31)45(53)51-25-11-9-12-25)55-38-22-34(30-18-8-6-16-28(30)24(3)4)40(44(50)42(38)48)32-20-36(32)46(54)52-26-13-10-14-26/h5-8,15-18,21-26,31-32,35-36H,9-14,19-20H2,1-4H3,(H,51,53)(H,52,54)/t31-,32-,35-,36-/m1/s1. The third-order valence-electron chi connectivity index (χ3n) is 12.3. The van der Waals surface area contributed by atoms with Gasteiger partial charge in [-0.25, -0.2) is 0 Å². The van der Waals surface area contributed by atoms with Gasteiger partial charge in [0.05, 0.1) is 20.1 Å². The molecule has 0 aromatic heterocycles. The van der Waals surface area contributed by atoms with Crippen LogP contribution in [0, 0.1) is 11.8 Å². The Morgan fingerprint density at radius 1 is 0.582 bits per heavy atom. The van der Waals surface area contributed by atoms with Gasteiger partial charge < -0.3 is 10.6 Å². The van der Waals surface area contributed by atoms with Gasteiger partial charge in [-0.05, 0) is 132 Å². The van der Waals surface area contributed by atoms with E-state index in [1.807, 2.05) is 0 Å². The number of halogens is 4. The molecule has 0 spiro atoms. The molecule has 4 aliphatic rings. The minimum absolute atomic E-state index is 0.0243. The fourth-order valence-electron chi connectivity index (χ4n) is 8.49. The lowest BCUT2D eigenvalue weighted by Gasteiger charge is -2.26. The van der Waals surface area contributed by atoms with Crippen molar-refractivity contribution in [3.8, 4) is 22.3 Å². The van der Waals surface area contributed by atoms with Crippen LogP contribution in [-0.4, -0.2) is 23.9 Å². The number of carbonyl (C=O) groups is 2. The summed E-state index contributed by atoms with van der Waals surface area (Å²) in [5, 5.41) is 8.35. The molecule has 0 bridgehead atoms. The Hall–Kier alpha value is -2.67. The third-order valence-corrected chi connectivity index (χ3v) is 15.4. The second-order valence-corrected chi connectivity index (χ2v) is 19.3. The third kappa shape index (κ3) is 7.70. The predicted molar refractivity (Wildman–Crippen MR) is 229 cm³/mol. The van der Waals surface area contributed by atoms with Crippen molar-refractivity contribution < 1.29 is 9.59 Å². The molecular weight excluding hydrogens is 786 g/mol. The summed E-state index contributed by atoms with van der Waals surface area (Å²) in [4.78, 5) is 28.3. The Kier molecular flexibility index (Phi) is 11.3. The highest BCUT2D eigenvalue weighted by molar-refractivity contribution is 7.99. The average Bonchev–Trinajstić information content (AvgIpc) is 4.07. The topological polar surface area (TPSA) is 58.2 Å². The molecule has 4 atom stereocenters. The van der Waals surface area contributed by atoms with Crippen LogP contribution in [0.25, 0.3) is 22.3 Å². The van der Waals surface area contributed by atoms with E-state index in [0.29, 0.717) is 20.1 Å². The molecule has 2 N–H and O–H groups in total. The van der Waals surface area contributed by atoms with Crippen molar-refractivity contribution in [2.75, 3.05) is 0 Å². The molecule has 55 heavy (non-hydrogen) atoms. The summed E-state index contributed by atoms with van der Waals surface area (Å²) in [6.45, 7) is 8.77. The van der Waals surface area contributed by atoms with E-state index in [1.54, 1.807) is 0 Å². The van der Waals surface area contributed by atoms with E-state index in [1.165, 1.54) is 22.9 Å². The summed E-state index contributed by atoms with van der Waals surface area (Å²) in [5.74, 6) is 0.423. The second-order valence-electron chi connectivity index (χ2n) is 16.7. The molecule has 0 radical (unpaired) electrons. The molecule has 4 aromatic carbocycles. The lowest BCUT2D eigenvalue weighted by Crippen LogP contribution is -2.40. The molecule has 9 heteroatoms. The molecule has 0 heterocycles. The molecule has 4 saturated carbocycles. The number of nitrogens with one attached hydrogen (secondary N) is 2. The minimum atomic E-state index is -0.135. The maximum Gasteiger partial charge on any atom is 0.223 e. The monoisotopic (exact) mass is 832 g/mol. The summed E-state index contributed by atoms with van der Waals surface area (Å²) in [7, 11) is 0. The highest BCUT2D eigenvalue weighted by Gasteiger charge is 2.49. The molecule has 8 rings (SSSR count). The van der Waals surface area contributed by atoms with Crippen molar-refractivity contribution >= 4 is 70.0 Å². The zero-order chi connectivity index (χ0) is 38.7. The van der Waals surface area contributed by atoms with Crippen LogP contribution in [0.4, 0.5) is 0 Å². The Balaban J connectivity index is 1.22. The van der Waals surface area contributed by atoms with Gasteiger partial charge in [-0.3, -0.25) is 9.59 Å². The van der Waals surface area contributed by atoms with Crippen molar-refractivity contribution in [3.05, 3.63) is 103 Å². The first-order valence-corrected chi connectivity index (χ1v) is 22.3. The van der Waals surface area contributed by atoms with E-state index in [9.17, 15) is 9.59 Å². The van der Waals surface area contributed by atoms with Crippen molar-refractivity contribution in [1.82, 2.24) is 10.6 Å². The highest BCUT2D eigenvalue weighted by atomic mass is 35.5. The Morgan fingerprint density at radius 3 is 1.31 bits per heavy atom. The van der Waals surface area contributed by atoms with Crippen LogP contribution in [0.2, 0.25) is 20.1 Å². The first-order chi connectivity index (χ1) is 26.4. The van der Waals surface area contributed by atoms with Crippen molar-refractivity contribution in [1.29, 1.82) is 0 Å². The summed E-state index contributed by atoms with van der Waals surface area (Å²) in [6.07, 6.45) is 7.98. The van der Waals surface area contributed by atoms with Gasteiger partial charge in [0.2, 0.25) is 11.8 Å². The van der Waals surface area contributed by atoms with Crippen LogP contribution in [-0.2, 0) is 9.59 Å². The molecule has 4 nitrogen and oxygen atoms in total. The van der Waals surface area contributed by atoms with Crippen molar-refractivity contribution in [3.63, 3.8) is 0 Å². The smallest absolute Gasteiger partial charge is 0.223 e. The van der Waals surface area contributed by atoms with E-state index in [-0.39, 0.29) is 59.4 Å². The minimum Gasteiger partial charge on any atom is -0.353 e. The number of benzene rings is 4. The van der Waals surface area contributed by atoms with Gasteiger partial charge in [0.25, 0.3) is 0 Å². The van der Waals surface area contributed by atoms with Crippen molar-refractivity contribution in [2.24, 2.45) is 11.8 Å². The van der Waals surface area contributed by atoms with Gasteiger partial charge in [0.15, 0.2) is 0 Å². The van der Waals surface area contributed by atoms with Gasteiger partial charge >= 0.3 is 0 Å². The number of hydrogen-bond donors (Lipinski definition) is 2. The van der Waals surface area contributed by atoms with Crippen molar-refractivity contribution in [2.45, 2.75) is 125 Å². The van der Waals surface area contributed by atoms with Gasteiger partial charge in [-0.15, -0.1) is 0 Å². The molecule has 0 aliphatic heterocycles. The Labute approximate surface area is 349 Å². The van der Waals surface area contributed by atoms with Gasteiger partial charge in [0, 0.05) is 33.7 Å². The molecule has 4 fully saturated rings. The summed E-state index contributed by atoms with van der Waals surface area (Å²) in [5.41, 5.74) is 8.43. The average molecular weight is 835 g/mol.